The van der Waals surface area contributed by atoms with Gasteiger partial charge in [0.2, 0.25) is 0 Å². The van der Waals surface area contributed by atoms with Crippen molar-refractivity contribution in [3.8, 4) is 17.1 Å². The second-order valence-corrected chi connectivity index (χ2v) is 9.52. The molecule has 154 valence electrons. The second kappa shape index (κ2) is 6.43. The molecule has 2 aliphatic carbocycles. The molecule has 0 aliphatic heterocycles. The zero-order valence-corrected chi connectivity index (χ0v) is 17.4. The van der Waals surface area contributed by atoms with Crippen LogP contribution in [0.2, 0.25) is 0 Å². The van der Waals surface area contributed by atoms with E-state index in [1.807, 2.05) is 18.2 Å². The summed E-state index contributed by atoms with van der Waals surface area (Å²) in [5, 5.41) is 4.04. The van der Waals surface area contributed by atoms with Gasteiger partial charge in [0.05, 0.1) is 7.11 Å². The number of methoxy groups -OCH3 is 1. The summed E-state index contributed by atoms with van der Waals surface area (Å²) in [5.74, 6) is 0.910. The van der Waals surface area contributed by atoms with Crippen molar-refractivity contribution in [3.05, 3.63) is 59.2 Å². The van der Waals surface area contributed by atoms with E-state index in [9.17, 15) is 13.2 Å². The Morgan fingerprint density at radius 1 is 1.20 bits per heavy atom. The molecule has 0 unspecified atom stereocenters. The second-order valence-electron chi connectivity index (χ2n) is 7.87. The number of nitrogens with one attached hydrogen (secondary N) is 1. The number of ether oxygens (including phenoxy) is 1. The van der Waals surface area contributed by atoms with E-state index in [1.54, 1.807) is 18.2 Å². The molecule has 3 aromatic rings. The zero-order valence-electron chi connectivity index (χ0n) is 16.6. The van der Waals surface area contributed by atoms with Gasteiger partial charge in [-0.05, 0) is 49.9 Å². The molecule has 7 nitrogen and oxygen atoms in total. The Balaban J connectivity index is 1.59. The fourth-order valence-electron chi connectivity index (χ4n) is 4.23. The molecule has 1 fully saturated rings. The highest BCUT2D eigenvalue weighted by atomic mass is 32.2. The van der Waals surface area contributed by atoms with Crippen LogP contribution in [0.25, 0.3) is 11.3 Å². The summed E-state index contributed by atoms with van der Waals surface area (Å²) in [6, 6.07) is 12.1. The molecule has 1 N–H and O–H groups in total. The number of carbonyl (C=O) groups excluding carboxylic acids is 1. The van der Waals surface area contributed by atoms with Crippen molar-refractivity contribution in [1.29, 1.82) is 0 Å². The summed E-state index contributed by atoms with van der Waals surface area (Å²) >= 11 is 0. The van der Waals surface area contributed by atoms with E-state index < -0.39 is 10.0 Å². The third-order valence-electron chi connectivity index (χ3n) is 5.99. The molecule has 0 atom stereocenters. The minimum atomic E-state index is -3.93. The van der Waals surface area contributed by atoms with Crippen LogP contribution in [0.4, 0.5) is 5.82 Å². The van der Waals surface area contributed by atoms with E-state index in [0.717, 1.165) is 29.5 Å². The van der Waals surface area contributed by atoms with E-state index in [0.29, 0.717) is 17.7 Å². The van der Waals surface area contributed by atoms with E-state index >= 15 is 0 Å². The highest BCUT2D eigenvalue weighted by Gasteiger charge is 2.50. The maximum Gasteiger partial charge on any atom is 0.266 e. The highest BCUT2D eigenvalue weighted by Crippen LogP contribution is 2.58. The summed E-state index contributed by atoms with van der Waals surface area (Å²) in [4.78, 5) is 11.9. The Bertz CT molecular complexity index is 1290. The summed E-state index contributed by atoms with van der Waals surface area (Å²) < 4.78 is 39.4. The lowest BCUT2D eigenvalue weighted by Gasteiger charge is -2.24. The lowest BCUT2D eigenvalue weighted by Crippen LogP contribution is -2.20. The molecule has 1 saturated carbocycles. The molecule has 1 aromatic heterocycles. The standard InChI is InChI=1S/C22H20N2O5S/c1-13(25)14-7-8-17-15(11-14)20-16(12-22(17)9-10-22)21(23-29-20)24-30(26,27)19-6-4-3-5-18(19)28-2/h3-8,11H,9-10,12H2,1-2H3,(H,23,24). The monoisotopic (exact) mass is 424 g/mol. The van der Waals surface area contributed by atoms with Crippen molar-refractivity contribution in [2.24, 2.45) is 0 Å². The fraction of sp³-hybridized carbons (Fsp3) is 0.273. The Labute approximate surface area is 174 Å². The van der Waals surface area contributed by atoms with Gasteiger partial charge in [0.25, 0.3) is 10.0 Å². The number of para-hydroxylation sites is 1. The molecule has 5 rings (SSSR count). The van der Waals surface area contributed by atoms with Gasteiger partial charge in [0.15, 0.2) is 17.4 Å². The number of carbonyl (C=O) groups is 1. The number of aromatic nitrogens is 1. The summed E-state index contributed by atoms with van der Waals surface area (Å²) in [6.45, 7) is 1.52. The van der Waals surface area contributed by atoms with Crippen LogP contribution in [-0.4, -0.2) is 26.5 Å². The van der Waals surface area contributed by atoms with Crippen LogP contribution >= 0.6 is 0 Å². The van der Waals surface area contributed by atoms with Gasteiger partial charge in [-0.3, -0.25) is 9.52 Å². The van der Waals surface area contributed by atoms with Gasteiger partial charge in [0, 0.05) is 22.1 Å². The quantitative estimate of drug-likeness (QED) is 0.623. The number of benzene rings is 2. The lowest BCUT2D eigenvalue weighted by atomic mass is 9.78. The number of rotatable bonds is 5. The Morgan fingerprint density at radius 3 is 2.67 bits per heavy atom. The molecule has 2 aromatic carbocycles. The van der Waals surface area contributed by atoms with Crippen molar-refractivity contribution >= 4 is 21.6 Å². The van der Waals surface area contributed by atoms with Crippen LogP contribution in [0.5, 0.6) is 5.75 Å². The van der Waals surface area contributed by atoms with E-state index in [2.05, 4.69) is 9.88 Å². The normalized spacial score (nSPS) is 15.9. The molecule has 1 spiro atoms. The molecule has 1 heterocycles. The first-order chi connectivity index (χ1) is 14.3. The molecular formula is C22H20N2O5S. The van der Waals surface area contributed by atoms with Crippen LogP contribution in [-0.2, 0) is 21.9 Å². The Kier molecular flexibility index (Phi) is 4.05. The van der Waals surface area contributed by atoms with Gasteiger partial charge in [-0.15, -0.1) is 0 Å². The topological polar surface area (TPSA) is 98.5 Å². The smallest absolute Gasteiger partial charge is 0.266 e. The Morgan fingerprint density at radius 2 is 1.97 bits per heavy atom. The van der Waals surface area contributed by atoms with Gasteiger partial charge in [-0.25, -0.2) is 8.42 Å². The number of nitrogens with zero attached hydrogens (tertiary/aromatic N) is 1. The SMILES string of the molecule is COc1ccccc1S(=O)(=O)Nc1noc2c1CC1(CC1)c1ccc(C(C)=O)cc1-2. The third-order valence-corrected chi connectivity index (χ3v) is 7.37. The maximum atomic E-state index is 13.0. The van der Waals surface area contributed by atoms with Crippen molar-refractivity contribution in [1.82, 2.24) is 5.16 Å². The average Bonchev–Trinajstić information content (AvgIpc) is 3.41. The van der Waals surface area contributed by atoms with E-state index in [-0.39, 0.29) is 27.7 Å². The van der Waals surface area contributed by atoms with Crippen molar-refractivity contribution in [3.63, 3.8) is 0 Å². The highest BCUT2D eigenvalue weighted by molar-refractivity contribution is 7.92. The zero-order chi connectivity index (χ0) is 21.1. The number of Topliss-reactive ketones (excluding diaryl/α,β-unsaturated/α-hetero) is 1. The number of hydrogen-bond donors (Lipinski definition) is 1. The molecule has 0 bridgehead atoms. The van der Waals surface area contributed by atoms with Crippen LogP contribution < -0.4 is 9.46 Å². The first-order valence-corrected chi connectivity index (χ1v) is 11.1. The van der Waals surface area contributed by atoms with Gasteiger partial charge in [-0.1, -0.05) is 29.4 Å². The summed E-state index contributed by atoms with van der Waals surface area (Å²) in [6.07, 6.45) is 2.65. The van der Waals surface area contributed by atoms with Crippen molar-refractivity contribution in [2.45, 2.75) is 36.5 Å². The van der Waals surface area contributed by atoms with E-state index in [4.69, 9.17) is 9.26 Å². The predicted octanol–water partition coefficient (Wildman–Crippen LogP) is 3.94. The third kappa shape index (κ3) is 2.82. The minimum absolute atomic E-state index is 0.0282. The van der Waals surface area contributed by atoms with Crippen molar-refractivity contribution < 1.29 is 22.5 Å². The Hall–Kier alpha value is -3.13. The lowest BCUT2D eigenvalue weighted by molar-refractivity contribution is 0.101. The van der Waals surface area contributed by atoms with Crippen LogP contribution in [0.3, 0.4) is 0 Å². The maximum absolute atomic E-state index is 13.0. The number of anilines is 1. The molecule has 8 heteroatoms. The van der Waals surface area contributed by atoms with Crippen molar-refractivity contribution in [2.75, 3.05) is 11.8 Å². The summed E-state index contributed by atoms with van der Waals surface area (Å²) in [5.41, 5.74) is 3.21. The first kappa shape index (κ1) is 18.9. The number of sulfonamides is 1. The predicted molar refractivity (Wildman–Crippen MR) is 110 cm³/mol. The van der Waals surface area contributed by atoms with Crippen LogP contribution in [0.1, 0.15) is 41.3 Å². The number of ketones is 1. The van der Waals surface area contributed by atoms with Gasteiger partial charge in [0.1, 0.15) is 10.6 Å². The van der Waals surface area contributed by atoms with Gasteiger partial charge in [-0.2, -0.15) is 0 Å². The van der Waals surface area contributed by atoms with Crippen LogP contribution in [0, 0.1) is 0 Å². The molecular weight excluding hydrogens is 404 g/mol. The first-order valence-electron chi connectivity index (χ1n) is 9.65. The molecule has 0 saturated heterocycles. The minimum Gasteiger partial charge on any atom is -0.495 e. The van der Waals surface area contributed by atoms with E-state index in [1.165, 1.54) is 20.1 Å². The number of hydrogen-bond acceptors (Lipinski definition) is 6. The van der Waals surface area contributed by atoms with Gasteiger partial charge < -0.3 is 9.26 Å². The average molecular weight is 424 g/mol. The van der Waals surface area contributed by atoms with Crippen LogP contribution in [0.15, 0.2) is 51.9 Å². The molecule has 2 aliphatic rings. The molecule has 0 radical (unpaired) electrons. The van der Waals surface area contributed by atoms with Gasteiger partial charge >= 0.3 is 0 Å². The summed E-state index contributed by atoms with van der Waals surface area (Å²) in [7, 11) is -2.50. The largest absolute Gasteiger partial charge is 0.495 e. The molecule has 0 amide bonds. The molecule has 30 heavy (non-hydrogen) atoms. The number of fused-ring (bicyclic) bond motifs is 4. The fourth-order valence-corrected chi connectivity index (χ4v) is 5.43.